The van der Waals surface area contributed by atoms with Gasteiger partial charge in [-0.3, -0.25) is 0 Å². The smallest absolute Gasteiger partial charge is 0.205 e. The zero-order valence-electron chi connectivity index (χ0n) is 13.9. The van der Waals surface area contributed by atoms with E-state index < -0.39 is 11.7 Å². The maximum absolute atomic E-state index is 10.1. The van der Waals surface area contributed by atoms with Crippen LogP contribution in [0.1, 0.15) is 17.0 Å². The minimum Gasteiger partial charge on any atom is -0.504 e. The SMILES string of the molecule is COc1cc(C2C(C#N)=C(N)Oc3c2ccc(O)c3O)cc(Br)c1OC. The zero-order valence-corrected chi connectivity index (χ0v) is 15.5. The summed E-state index contributed by atoms with van der Waals surface area (Å²) in [4.78, 5) is 0. The van der Waals surface area contributed by atoms with E-state index in [1.165, 1.54) is 20.3 Å². The van der Waals surface area contributed by atoms with Gasteiger partial charge in [-0.2, -0.15) is 5.26 Å². The second kappa shape index (κ2) is 6.69. The molecule has 4 N–H and O–H groups in total. The van der Waals surface area contributed by atoms with E-state index in [-0.39, 0.29) is 23.0 Å². The highest BCUT2D eigenvalue weighted by Crippen LogP contribution is 2.50. The van der Waals surface area contributed by atoms with Gasteiger partial charge >= 0.3 is 0 Å². The van der Waals surface area contributed by atoms with Crippen LogP contribution in [0, 0.1) is 11.3 Å². The van der Waals surface area contributed by atoms with Gasteiger partial charge in [0.25, 0.3) is 0 Å². The molecule has 0 spiro atoms. The summed E-state index contributed by atoms with van der Waals surface area (Å²) >= 11 is 3.43. The molecule has 0 aliphatic carbocycles. The molecule has 0 amide bonds. The summed E-state index contributed by atoms with van der Waals surface area (Å²) in [7, 11) is 3.02. The third-order valence-electron chi connectivity index (χ3n) is 4.13. The van der Waals surface area contributed by atoms with E-state index in [0.29, 0.717) is 27.1 Å². The highest BCUT2D eigenvalue weighted by atomic mass is 79.9. The molecule has 8 heteroatoms. The van der Waals surface area contributed by atoms with Crippen molar-refractivity contribution in [3.63, 3.8) is 0 Å². The van der Waals surface area contributed by atoms with Crippen LogP contribution in [0.3, 0.4) is 0 Å². The maximum Gasteiger partial charge on any atom is 0.205 e. The number of methoxy groups -OCH3 is 2. The fourth-order valence-corrected chi connectivity index (χ4v) is 3.57. The molecule has 3 rings (SSSR count). The summed E-state index contributed by atoms with van der Waals surface area (Å²) in [6.07, 6.45) is 0. The van der Waals surface area contributed by atoms with Crippen LogP contribution in [-0.2, 0) is 0 Å². The quantitative estimate of drug-likeness (QED) is 0.655. The molecule has 1 unspecified atom stereocenters. The number of fused-ring (bicyclic) bond motifs is 1. The van der Waals surface area contributed by atoms with Crippen LogP contribution in [-0.4, -0.2) is 24.4 Å². The monoisotopic (exact) mass is 418 g/mol. The van der Waals surface area contributed by atoms with Crippen molar-refractivity contribution in [1.82, 2.24) is 0 Å². The lowest BCUT2D eigenvalue weighted by atomic mass is 9.83. The predicted molar refractivity (Wildman–Crippen MR) is 96.3 cm³/mol. The fourth-order valence-electron chi connectivity index (χ4n) is 2.94. The van der Waals surface area contributed by atoms with E-state index in [9.17, 15) is 15.5 Å². The Morgan fingerprint density at radius 1 is 1.23 bits per heavy atom. The van der Waals surface area contributed by atoms with E-state index in [0.717, 1.165) is 0 Å². The van der Waals surface area contributed by atoms with Gasteiger partial charge in [0.05, 0.1) is 24.6 Å². The molecule has 0 saturated heterocycles. The molecule has 1 heterocycles. The van der Waals surface area contributed by atoms with Crippen molar-refractivity contribution in [2.24, 2.45) is 5.73 Å². The number of phenols is 2. The van der Waals surface area contributed by atoms with Crippen LogP contribution >= 0.6 is 15.9 Å². The van der Waals surface area contributed by atoms with Crippen molar-refractivity contribution in [2.75, 3.05) is 14.2 Å². The summed E-state index contributed by atoms with van der Waals surface area (Å²) in [5.74, 6) is -0.562. The number of halogens is 1. The van der Waals surface area contributed by atoms with Gasteiger partial charge in [-0.1, -0.05) is 6.07 Å². The lowest BCUT2D eigenvalue weighted by molar-refractivity contribution is 0.340. The Balaban J connectivity index is 2.29. The lowest BCUT2D eigenvalue weighted by Gasteiger charge is -2.27. The number of benzene rings is 2. The molecule has 1 atom stereocenters. The molecule has 0 fully saturated rings. The highest BCUT2D eigenvalue weighted by Gasteiger charge is 2.34. The van der Waals surface area contributed by atoms with E-state index in [1.807, 2.05) is 0 Å². The first-order valence-corrected chi connectivity index (χ1v) is 8.26. The minimum absolute atomic E-state index is 0.0115. The van der Waals surface area contributed by atoms with Gasteiger partial charge in [0.15, 0.2) is 23.0 Å². The Labute approximate surface area is 158 Å². The molecular formula is C18H15BrN2O5. The average Bonchev–Trinajstić information content (AvgIpc) is 2.63. The van der Waals surface area contributed by atoms with Crippen LogP contribution in [0.25, 0.3) is 0 Å². The van der Waals surface area contributed by atoms with Crippen molar-refractivity contribution in [3.8, 4) is 34.8 Å². The third-order valence-corrected chi connectivity index (χ3v) is 4.72. The van der Waals surface area contributed by atoms with Crippen molar-refractivity contribution in [3.05, 3.63) is 51.3 Å². The molecule has 1 aliphatic rings. The first-order valence-electron chi connectivity index (χ1n) is 7.46. The van der Waals surface area contributed by atoms with Crippen LogP contribution < -0.4 is 19.9 Å². The number of allylic oxidation sites excluding steroid dienone is 1. The van der Waals surface area contributed by atoms with Crippen LogP contribution in [0.2, 0.25) is 0 Å². The second-order valence-electron chi connectivity index (χ2n) is 5.51. The van der Waals surface area contributed by atoms with Gasteiger partial charge in [-0.25, -0.2) is 0 Å². The number of rotatable bonds is 3. The topological polar surface area (TPSA) is 118 Å². The van der Waals surface area contributed by atoms with Crippen LogP contribution in [0.15, 0.2) is 40.2 Å². The molecule has 0 saturated carbocycles. The summed E-state index contributed by atoms with van der Waals surface area (Å²) in [5, 5.41) is 29.5. The maximum atomic E-state index is 10.1. The van der Waals surface area contributed by atoms with Gasteiger partial charge in [-0.05, 0) is 39.7 Å². The largest absolute Gasteiger partial charge is 0.504 e. The molecule has 7 nitrogen and oxygen atoms in total. The third kappa shape index (κ3) is 2.66. The fraction of sp³-hybridized carbons (Fsp3) is 0.167. The second-order valence-corrected chi connectivity index (χ2v) is 6.37. The Hall–Kier alpha value is -3.05. The molecule has 134 valence electrons. The van der Waals surface area contributed by atoms with Crippen LogP contribution in [0.4, 0.5) is 0 Å². The van der Waals surface area contributed by atoms with Gasteiger partial charge in [-0.15, -0.1) is 0 Å². The molecule has 0 aromatic heterocycles. The first kappa shape index (κ1) is 17.8. The number of nitrogens with zero attached hydrogens (tertiary/aromatic N) is 1. The van der Waals surface area contributed by atoms with Crippen LogP contribution in [0.5, 0.6) is 28.7 Å². The van der Waals surface area contributed by atoms with E-state index >= 15 is 0 Å². The number of phenolic OH excluding ortho intramolecular Hbond substituents is 2. The summed E-state index contributed by atoms with van der Waals surface area (Å²) in [6.45, 7) is 0. The number of nitrogens with two attached hydrogens (primary N) is 1. The Morgan fingerprint density at radius 3 is 2.58 bits per heavy atom. The van der Waals surface area contributed by atoms with Gasteiger partial charge in [0.2, 0.25) is 11.6 Å². The molecule has 26 heavy (non-hydrogen) atoms. The van der Waals surface area contributed by atoms with E-state index in [1.54, 1.807) is 18.2 Å². The Kier molecular flexibility index (Phi) is 4.57. The lowest BCUT2D eigenvalue weighted by Crippen LogP contribution is -2.21. The molecular weight excluding hydrogens is 404 g/mol. The average molecular weight is 419 g/mol. The van der Waals surface area contributed by atoms with Crippen molar-refractivity contribution < 1.29 is 24.4 Å². The Bertz CT molecular complexity index is 965. The highest BCUT2D eigenvalue weighted by molar-refractivity contribution is 9.10. The Morgan fingerprint density at radius 2 is 1.96 bits per heavy atom. The number of ether oxygens (including phenoxy) is 3. The summed E-state index contributed by atoms with van der Waals surface area (Å²) < 4.78 is 16.7. The van der Waals surface area contributed by atoms with Gasteiger partial charge < -0.3 is 30.2 Å². The van der Waals surface area contributed by atoms with Gasteiger partial charge in [0.1, 0.15) is 11.6 Å². The molecule has 2 aromatic carbocycles. The summed E-state index contributed by atoms with van der Waals surface area (Å²) in [6, 6.07) is 8.46. The first-order chi connectivity index (χ1) is 12.4. The van der Waals surface area contributed by atoms with E-state index in [2.05, 4.69) is 22.0 Å². The number of hydrogen-bond acceptors (Lipinski definition) is 7. The minimum atomic E-state index is -0.619. The zero-order chi connectivity index (χ0) is 19.0. The van der Waals surface area contributed by atoms with Gasteiger partial charge in [0, 0.05) is 5.56 Å². The summed E-state index contributed by atoms with van der Waals surface area (Å²) in [5.41, 5.74) is 7.23. The molecule has 0 bridgehead atoms. The van der Waals surface area contributed by atoms with Crippen molar-refractivity contribution in [1.29, 1.82) is 5.26 Å². The standard InChI is InChI=1S/C18H15BrN2O5/c1-24-13-6-8(5-11(19)17(13)25-2)14-9-3-4-12(22)15(23)16(9)26-18(21)10(14)7-20/h3-6,14,22-23H,21H2,1-2H3. The predicted octanol–water partition coefficient (Wildman–Crippen LogP) is 3.10. The molecule has 0 radical (unpaired) electrons. The molecule has 1 aliphatic heterocycles. The number of hydrogen-bond donors (Lipinski definition) is 3. The number of nitriles is 1. The van der Waals surface area contributed by atoms with Crippen molar-refractivity contribution in [2.45, 2.75) is 5.92 Å². The van der Waals surface area contributed by atoms with Crippen molar-refractivity contribution >= 4 is 15.9 Å². The van der Waals surface area contributed by atoms with E-state index in [4.69, 9.17) is 19.9 Å². The molecule has 2 aromatic rings. The number of aromatic hydroxyl groups is 2. The normalized spacial score (nSPS) is 15.7.